The summed E-state index contributed by atoms with van der Waals surface area (Å²) in [6.45, 7) is 3.62. The second kappa shape index (κ2) is 12.0. The van der Waals surface area contributed by atoms with Crippen molar-refractivity contribution in [1.82, 2.24) is 4.90 Å². The van der Waals surface area contributed by atoms with Gasteiger partial charge in [-0.15, -0.1) is 0 Å². The first kappa shape index (κ1) is 24.3. The Kier molecular flexibility index (Phi) is 8.34. The molecule has 0 unspecified atom stereocenters. The lowest BCUT2D eigenvalue weighted by Crippen LogP contribution is -2.32. The van der Waals surface area contributed by atoms with Gasteiger partial charge >= 0.3 is 0 Å². The van der Waals surface area contributed by atoms with Crippen LogP contribution in [0, 0.1) is 11.3 Å². The third kappa shape index (κ3) is 6.18. The molecule has 0 atom stereocenters. The maximum atomic E-state index is 13.3. The van der Waals surface area contributed by atoms with Crippen LogP contribution in [-0.4, -0.2) is 35.7 Å². The highest BCUT2D eigenvalue weighted by molar-refractivity contribution is 8.18. The predicted octanol–water partition coefficient (Wildman–Crippen LogP) is 5.78. The molecule has 4 rings (SSSR count). The maximum Gasteiger partial charge on any atom is 0.266 e. The van der Waals surface area contributed by atoms with Crippen LogP contribution in [0.2, 0.25) is 0 Å². The zero-order valence-electron chi connectivity index (χ0n) is 19.4. The largest absolute Gasteiger partial charge is 0.488 e. The van der Waals surface area contributed by atoms with E-state index >= 15 is 0 Å². The van der Waals surface area contributed by atoms with E-state index in [2.05, 4.69) is 6.07 Å². The molecule has 0 radical (unpaired) electrons. The first-order valence-electron chi connectivity index (χ1n) is 11.3. The number of nitriles is 1. The molecular formula is C28H25N3O3S. The Balaban J connectivity index is 1.59. The molecule has 35 heavy (non-hydrogen) atoms. The number of hydrogen-bond donors (Lipinski definition) is 0. The summed E-state index contributed by atoms with van der Waals surface area (Å²) < 4.78 is 11.5. The molecule has 1 aliphatic heterocycles. The van der Waals surface area contributed by atoms with Gasteiger partial charge in [0.05, 0.1) is 35.4 Å². The smallest absolute Gasteiger partial charge is 0.266 e. The van der Waals surface area contributed by atoms with E-state index in [1.807, 2.05) is 85.8 Å². The van der Waals surface area contributed by atoms with Crippen molar-refractivity contribution in [3.63, 3.8) is 0 Å². The van der Waals surface area contributed by atoms with Gasteiger partial charge in [-0.3, -0.25) is 9.69 Å². The van der Waals surface area contributed by atoms with Crippen LogP contribution >= 0.6 is 11.8 Å². The number of rotatable bonds is 9. The van der Waals surface area contributed by atoms with E-state index in [1.165, 1.54) is 11.8 Å². The van der Waals surface area contributed by atoms with Crippen molar-refractivity contribution < 1.29 is 14.3 Å². The molecule has 3 aromatic rings. The minimum atomic E-state index is -0.117. The molecule has 0 N–H and O–H groups in total. The standard InChI is InChI=1S/C28H25N3O3S/c1-2-33-17-16-31-27(32)26(35-28(31)30-24-13-4-3-5-14-24)18-21-10-8-9-15-25(21)34-20-23-12-7-6-11-22(23)19-29/h3-15,18H,2,16-17,20H2,1H3/b26-18-,30-28?. The van der Waals surface area contributed by atoms with Gasteiger partial charge in [0.15, 0.2) is 5.17 Å². The Morgan fingerprint density at radius 2 is 1.77 bits per heavy atom. The average molecular weight is 484 g/mol. The minimum absolute atomic E-state index is 0.117. The van der Waals surface area contributed by atoms with Gasteiger partial charge in [0, 0.05) is 17.7 Å². The van der Waals surface area contributed by atoms with Crippen molar-refractivity contribution >= 4 is 34.6 Å². The summed E-state index contributed by atoms with van der Waals surface area (Å²) in [6, 6.07) is 26.7. The van der Waals surface area contributed by atoms with Gasteiger partial charge in [-0.2, -0.15) is 5.26 Å². The minimum Gasteiger partial charge on any atom is -0.488 e. The van der Waals surface area contributed by atoms with Gasteiger partial charge in [0.25, 0.3) is 5.91 Å². The Morgan fingerprint density at radius 3 is 2.57 bits per heavy atom. The summed E-state index contributed by atoms with van der Waals surface area (Å²) in [7, 11) is 0. The zero-order valence-corrected chi connectivity index (χ0v) is 20.2. The second-order valence-electron chi connectivity index (χ2n) is 7.59. The first-order chi connectivity index (χ1) is 17.2. The number of amides is 1. The highest BCUT2D eigenvalue weighted by Gasteiger charge is 2.33. The molecule has 0 aromatic heterocycles. The van der Waals surface area contributed by atoms with Crippen LogP contribution in [0.1, 0.15) is 23.6 Å². The topological polar surface area (TPSA) is 74.9 Å². The van der Waals surface area contributed by atoms with E-state index in [1.54, 1.807) is 11.0 Å². The molecule has 1 aliphatic rings. The van der Waals surface area contributed by atoms with Crippen LogP contribution in [0.5, 0.6) is 5.75 Å². The normalized spacial score (nSPS) is 15.5. The number of ether oxygens (including phenoxy) is 2. The fraction of sp³-hybridized carbons (Fsp3) is 0.179. The molecule has 176 valence electrons. The Morgan fingerprint density at radius 1 is 1.03 bits per heavy atom. The van der Waals surface area contributed by atoms with Crippen molar-refractivity contribution in [3.8, 4) is 11.8 Å². The summed E-state index contributed by atoms with van der Waals surface area (Å²) in [4.78, 5) is 20.2. The number of benzene rings is 3. The summed E-state index contributed by atoms with van der Waals surface area (Å²) >= 11 is 1.34. The maximum absolute atomic E-state index is 13.3. The lowest BCUT2D eigenvalue weighted by atomic mass is 10.1. The number of amidine groups is 1. The lowest BCUT2D eigenvalue weighted by molar-refractivity contribution is -0.122. The molecule has 0 spiro atoms. The van der Waals surface area contributed by atoms with Gasteiger partial charge < -0.3 is 9.47 Å². The van der Waals surface area contributed by atoms with Crippen LogP contribution in [0.3, 0.4) is 0 Å². The Hall–Kier alpha value is -3.86. The van der Waals surface area contributed by atoms with E-state index in [4.69, 9.17) is 14.5 Å². The molecule has 6 nitrogen and oxygen atoms in total. The summed E-state index contributed by atoms with van der Waals surface area (Å²) in [5, 5.41) is 9.96. The molecule has 1 fully saturated rings. The summed E-state index contributed by atoms with van der Waals surface area (Å²) in [6.07, 6.45) is 1.83. The second-order valence-corrected chi connectivity index (χ2v) is 8.60. The number of aliphatic imine (C=N–C) groups is 1. The van der Waals surface area contributed by atoms with Crippen molar-refractivity contribution in [2.24, 2.45) is 4.99 Å². The molecular weight excluding hydrogens is 458 g/mol. The predicted molar refractivity (Wildman–Crippen MR) is 139 cm³/mol. The van der Waals surface area contributed by atoms with Gasteiger partial charge in [-0.1, -0.05) is 54.6 Å². The van der Waals surface area contributed by atoms with Crippen molar-refractivity contribution in [2.45, 2.75) is 13.5 Å². The van der Waals surface area contributed by atoms with Crippen molar-refractivity contribution in [2.75, 3.05) is 19.8 Å². The molecule has 1 heterocycles. The summed E-state index contributed by atoms with van der Waals surface area (Å²) in [5.41, 5.74) is 2.95. The number of hydrogen-bond acceptors (Lipinski definition) is 6. The number of thioether (sulfide) groups is 1. The SMILES string of the molecule is CCOCCN1C(=O)/C(=C/c2ccccc2OCc2ccccc2C#N)SC1=Nc1ccccc1. The van der Waals surface area contributed by atoms with Crippen molar-refractivity contribution in [1.29, 1.82) is 5.26 Å². The molecule has 0 saturated carbocycles. The van der Waals surface area contributed by atoms with Crippen LogP contribution in [0.4, 0.5) is 5.69 Å². The van der Waals surface area contributed by atoms with E-state index in [-0.39, 0.29) is 12.5 Å². The van der Waals surface area contributed by atoms with E-state index in [0.717, 1.165) is 16.8 Å². The molecule has 7 heteroatoms. The van der Waals surface area contributed by atoms with Gasteiger partial charge in [-0.05, 0) is 49.0 Å². The zero-order chi connectivity index (χ0) is 24.5. The van der Waals surface area contributed by atoms with Gasteiger partial charge in [0.1, 0.15) is 12.4 Å². The molecule has 3 aromatic carbocycles. The van der Waals surface area contributed by atoms with Crippen LogP contribution < -0.4 is 4.74 Å². The van der Waals surface area contributed by atoms with E-state index in [0.29, 0.717) is 41.1 Å². The molecule has 1 saturated heterocycles. The molecule has 0 bridgehead atoms. The molecule has 1 amide bonds. The number of carbonyl (C=O) groups is 1. The van der Waals surface area contributed by atoms with Crippen molar-refractivity contribution in [3.05, 3.63) is 100 Å². The summed E-state index contributed by atoms with van der Waals surface area (Å²) in [5.74, 6) is 0.518. The van der Waals surface area contributed by atoms with Gasteiger partial charge in [-0.25, -0.2) is 4.99 Å². The fourth-order valence-electron chi connectivity index (χ4n) is 3.48. The Bertz CT molecular complexity index is 1280. The van der Waals surface area contributed by atoms with Crippen LogP contribution in [-0.2, 0) is 16.1 Å². The number of para-hydroxylation sites is 2. The van der Waals surface area contributed by atoms with E-state index in [9.17, 15) is 10.1 Å². The lowest BCUT2D eigenvalue weighted by Gasteiger charge is -2.15. The van der Waals surface area contributed by atoms with Gasteiger partial charge in [0.2, 0.25) is 0 Å². The third-order valence-electron chi connectivity index (χ3n) is 5.26. The Labute approximate surface area is 209 Å². The highest BCUT2D eigenvalue weighted by Crippen LogP contribution is 2.35. The quantitative estimate of drug-likeness (QED) is 0.285. The monoisotopic (exact) mass is 483 g/mol. The van der Waals surface area contributed by atoms with Crippen LogP contribution in [0.25, 0.3) is 6.08 Å². The van der Waals surface area contributed by atoms with Crippen LogP contribution in [0.15, 0.2) is 88.8 Å². The highest BCUT2D eigenvalue weighted by atomic mass is 32.2. The number of carbonyl (C=O) groups excluding carboxylic acids is 1. The number of nitrogens with zero attached hydrogens (tertiary/aromatic N) is 3. The van der Waals surface area contributed by atoms with E-state index < -0.39 is 0 Å². The third-order valence-corrected chi connectivity index (χ3v) is 6.27. The fourth-order valence-corrected chi connectivity index (χ4v) is 4.50. The molecule has 0 aliphatic carbocycles. The average Bonchev–Trinajstić information content (AvgIpc) is 3.18. The first-order valence-corrected chi connectivity index (χ1v) is 12.1.